The number of hydrogen-bond acceptors (Lipinski definition) is 12. The lowest BCUT2D eigenvalue weighted by Gasteiger charge is -2.43. The number of piperidine rings is 1. The van der Waals surface area contributed by atoms with Gasteiger partial charge in [-0.3, -0.25) is 24.5 Å². The van der Waals surface area contributed by atoms with Crippen LogP contribution in [0.15, 0.2) is 48.7 Å². The van der Waals surface area contributed by atoms with E-state index in [1.807, 2.05) is 58.0 Å². The summed E-state index contributed by atoms with van der Waals surface area (Å²) in [5.74, 6) is 6.55. The molecule has 1 saturated heterocycles. The summed E-state index contributed by atoms with van der Waals surface area (Å²) in [6, 6.07) is 11.5. The summed E-state index contributed by atoms with van der Waals surface area (Å²) in [6.07, 6.45) is 9.98. The van der Waals surface area contributed by atoms with Crippen LogP contribution in [0, 0.1) is 11.8 Å². The highest BCUT2D eigenvalue weighted by Gasteiger charge is 2.42. The second-order valence-electron chi connectivity index (χ2n) is 19.4. The first-order chi connectivity index (χ1) is 33.2. The zero-order chi connectivity index (χ0) is 48.8. The molecular formula is C51H64N10O8. The lowest BCUT2D eigenvalue weighted by atomic mass is 9.90. The molecule has 4 heterocycles. The van der Waals surface area contributed by atoms with Gasteiger partial charge in [-0.2, -0.15) is 4.98 Å². The zero-order valence-electron chi connectivity index (χ0n) is 40.3. The van der Waals surface area contributed by atoms with Crippen molar-refractivity contribution in [1.29, 1.82) is 0 Å². The topological polar surface area (TPSA) is 208 Å². The van der Waals surface area contributed by atoms with E-state index < -0.39 is 23.6 Å². The Hall–Kier alpha value is -6.74. The van der Waals surface area contributed by atoms with Gasteiger partial charge in [-0.15, -0.1) is 0 Å². The first-order valence-electron chi connectivity index (χ1n) is 24.4. The van der Waals surface area contributed by atoms with Crippen LogP contribution < -0.4 is 31.1 Å². The summed E-state index contributed by atoms with van der Waals surface area (Å²) < 4.78 is 11.7. The number of hydrogen-bond donors (Lipinski definition) is 4. The molecule has 7 amide bonds. The number of aromatic nitrogens is 2. The molecule has 2 saturated carbocycles. The van der Waals surface area contributed by atoms with Crippen LogP contribution in [0.5, 0.6) is 0 Å². The van der Waals surface area contributed by atoms with Gasteiger partial charge in [0.1, 0.15) is 23.4 Å². The van der Waals surface area contributed by atoms with Crippen LogP contribution in [0.25, 0.3) is 0 Å². The minimum Gasteiger partial charge on any atom is -0.444 e. The summed E-state index contributed by atoms with van der Waals surface area (Å²) in [6.45, 7) is 8.75. The molecule has 8 rings (SSSR count). The fraction of sp³-hybridized carbons (Fsp3) is 0.529. The van der Waals surface area contributed by atoms with Gasteiger partial charge in [0.2, 0.25) is 23.7 Å². The van der Waals surface area contributed by atoms with Crippen LogP contribution in [0.3, 0.4) is 0 Å². The van der Waals surface area contributed by atoms with E-state index >= 15 is 0 Å². The molecule has 2 aromatic carbocycles. The first-order valence-corrected chi connectivity index (χ1v) is 24.4. The molecule has 5 aliphatic rings. The third-order valence-corrected chi connectivity index (χ3v) is 13.6. The van der Waals surface area contributed by atoms with E-state index in [2.05, 4.69) is 43.0 Å². The Labute approximate surface area is 403 Å². The maximum atomic E-state index is 13.5. The van der Waals surface area contributed by atoms with Crippen LogP contribution in [0.2, 0.25) is 0 Å². The van der Waals surface area contributed by atoms with E-state index in [1.165, 1.54) is 4.90 Å². The van der Waals surface area contributed by atoms with Crippen molar-refractivity contribution in [3.63, 3.8) is 0 Å². The summed E-state index contributed by atoms with van der Waals surface area (Å²) in [5, 5.41) is 11.7. The molecule has 18 heteroatoms. The van der Waals surface area contributed by atoms with Crippen LogP contribution in [-0.4, -0.2) is 118 Å². The van der Waals surface area contributed by atoms with E-state index in [1.54, 1.807) is 35.2 Å². The normalized spacial score (nSPS) is 21.5. The van der Waals surface area contributed by atoms with E-state index in [0.29, 0.717) is 86.5 Å². The summed E-state index contributed by atoms with van der Waals surface area (Å²) in [4.78, 5) is 93.8. The number of imide groups is 1. The molecule has 2 atom stereocenters. The number of nitrogens with zero attached hydrogens (tertiary/aromatic N) is 6. The van der Waals surface area contributed by atoms with Crippen molar-refractivity contribution in [2.45, 2.75) is 147 Å². The van der Waals surface area contributed by atoms with Crippen LogP contribution >= 0.6 is 0 Å². The monoisotopic (exact) mass is 944 g/mol. The van der Waals surface area contributed by atoms with Gasteiger partial charge in [0.25, 0.3) is 5.91 Å². The predicted octanol–water partition coefficient (Wildman–Crippen LogP) is 6.61. The van der Waals surface area contributed by atoms with Crippen LogP contribution in [0.1, 0.15) is 126 Å². The molecule has 366 valence electrons. The lowest BCUT2D eigenvalue weighted by molar-refractivity contribution is -0.137. The van der Waals surface area contributed by atoms with Gasteiger partial charge in [0.15, 0.2) is 5.82 Å². The number of nitrogens with one attached hydrogen (secondary N) is 4. The molecular weight excluding hydrogens is 881 g/mol. The van der Waals surface area contributed by atoms with Gasteiger partial charge in [-0.1, -0.05) is 37.7 Å². The average Bonchev–Trinajstić information content (AvgIpc) is 3.97. The Kier molecular flexibility index (Phi) is 15.0. The Morgan fingerprint density at radius 2 is 1.68 bits per heavy atom. The fourth-order valence-electron chi connectivity index (χ4n) is 10.1. The van der Waals surface area contributed by atoms with Gasteiger partial charge in [0, 0.05) is 73.6 Å². The maximum Gasteiger partial charge on any atom is 0.410 e. The number of carbonyl (C=O) groups excluding carboxylic acids is 6. The molecule has 1 aromatic heterocycles. The van der Waals surface area contributed by atoms with Gasteiger partial charge in [-0.05, 0) is 114 Å². The second kappa shape index (κ2) is 21.3. The van der Waals surface area contributed by atoms with Crippen molar-refractivity contribution in [3.8, 4) is 11.8 Å². The maximum absolute atomic E-state index is 13.5. The highest BCUT2D eigenvalue weighted by molar-refractivity contribution is 6.06. The van der Waals surface area contributed by atoms with Crippen molar-refractivity contribution in [2.75, 3.05) is 47.2 Å². The average molecular weight is 945 g/mol. The largest absolute Gasteiger partial charge is 0.444 e. The number of anilines is 5. The summed E-state index contributed by atoms with van der Waals surface area (Å²) in [7, 11) is 1.79. The van der Waals surface area contributed by atoms with E-state index in [9.17, 15) is 28.8 Å². The Bertz CT molecular complexity index is 2490. The molecule has 3 fully saturated rings. The number of benzene rings is 2. The van der Waals surface area contributed by atoms with Crippen molar-refractivity contribution >= 4 is 64.6 Å². The SMILES string of the molecule is CC[C@@H]1C(=O)N(C)c2cnc(Nc3ccc(NC(=O)NC4CCC(N(CCOCCC#Cc5cccc6c5CN(C5CCC(=O)NC5=O)C6=O)C(=O)OC(C)(C)C)CC4)cc3)nc2N1C1CCCC1. The smallest absolute Gasteiger partial charge is 0.410 e. The highest BCUT2D eigenvalue weighted by atomic mass is 16.6. The quantitative estimate of drug-likeness (QED) is 0.0811. The van der Waals surface area contributed by atoms with Crippen molar-refractivity contribution in [3.05, 3.63) is 65.4 Å². The minimum absolute atomic E-state index is 0.0693. The van der Waals surface area contributed by atoms with Crippen molar-refractivity contribution in [2.24, 2.45) is 0 Å². The van der Waals surface area contributed by atoms with Crippen LogP contribution in [-0.2, 0) is 30.4 Å². The highest BCUT2D eigenvalue weighted by Crippen LogP contribution is 2.40. The third-order valence-electron chi connectivity index (χ3n) is 13.6. The summed E-state index contributed by atoms with van der Waals surface area (Å²) >= 11 is 0. The van der Waals surface area contributed by atoms with E-state index in [4.69, 9.17) is 14.5 Å². The lowest BCUT2D eigenvalue weighted by Crippen LogP contribution is -2.55. The molecule has 2 aliphatic carbocycles. The van der Waals surface area contributed by atoms with Gasteiger partial charge in [-0.25, -0.2) is 14.6 Å². The van der Waals surface area contributed by atoms with Gasteiger partial charge in [0.05, 0.1) is 19.4 Å². The Morgan fingerprint density at radius 1 is 0.942 bits per heavy atom. The third kappa shape index (κ3) is 11.4. The van der Waals surface area contributed by atoms with Crippen molar-refractivity contribution < 1.29 is 38.2 Å². The van der Waals surface area contributed by atoms with Crippen molar-refractivity contribution in [1.82, 2.24) is 30.4 Å². The van der Waals surface area contributed by atoms with Gasteiger partial charge >= 0.3 is 12.1 Å². The standard InChI is InChI=1S/C51H64N10O8/c1-6-40-47(65)58(5)42-30-52-48(57-44(42)61(40)37-14-7-8-15-37)53-33-17-19-34(20-18-33)54-49(66)55-35-21-23-36(24-22-35)59(50(67)69-51(2,3)4)27-29-68-28-10-9-12-32-13-11-16-38-39(32)31-60(46(38)64)41-25-26-43(62)56-45(41)63/h11,13,16-20,30,35-37,40-41H,6-8,10,14-15,21-29,31H2,1-5H3,(H,52,53,57)(H2,54,55,66)(H,56,62,63)/t35?,36?,40-,41?/m1/s1. The Morgan fingerprint density at radius 3 is 2.39 bits per heavy atom. The molecule has 3 aliphatic heterocycles. The molecule has 0 bridgehead atoms. The number of rotatable bonds is 13. The number of likely N-dealkylation sites (N-methyl/N-ethyl adjacent to an activating group) is 1. The zero-order valence-corrected chi connectivity index (χ0v) is 40.3. The Balaban J connectivity index is 0.790. The number of ether oxygens (including phenoxy) is 2. The summed E-state index contributed by atoms with van der Waals surface area (Å²) in [5.41, 5.74) is 3.39. The van der Waals surface area contributed by atoms with Crippen LogP contribution in [0.4, 0.5) is 38.4 Å². The second-order valence-corrected chi connectivity index (χ2v) is 19.4. The molecule has 1 unspecified atom stereocenters. The molecule has 3 aromatic rings. The fourth-order valence-corrected chi connectivity index (χ4v) is 10.1. The molecule has 0 spiro atoms. The molecule has 69 heavy (non-hydrogen) atoms. The van der Waals surface area contributed by atoms with Gasteiger partial charge < -0.3 is 45.0 Å². The number of amides is 7. The molecule has 4 N–H and O–H groups in total. The number of urea groups is 1. The molecule has 18 nitrogen and oxygen atoms in total. The number of carbonyl (C=O) groups is 6. The number of fused-ring (bicyclic) bond motifs is 2. The molecule has 0 radical (unpaired) electrons. The van der Waals surface area contributed by atoms with E-state index in [-0.39, 0.29) is 67.5 Å². The first kappa shape index (κ1) is 48.7. The van der Waals surface area contributed by atoms with E-state index in [0.717, 1.165) is 42.8 Å². The predicted molar refractivity (Wildman–Crippen MR) is 260 cm³/mol. The minimum atomic E-state index is -0.693.